The zero-order valence-electron chi connectivity index (χ0n) is 11.7. The van der Waals surface area contributed by atoms with Gasteiger partial charge < -0.3 is 5.11 Å². The SMILES string of the molecule is CC(C)CCC(C)(O)C#CCN(CCCl)CCCl. The Morgan fingerprint density at radius 3 is 2.22 bits per heavy atom. The first-order valence-corrected chi connectivity index (χ1v) is 7.55. The summed E-state index contributed by atoms with van der Waals surface area (Å²) in [5.41, 5.74) is -0.891. The van der Waals surface area contributed by atoms with Gasteiger partial charge in [-0.1, -0.05) is 25.7 Å². The van der Waals surface area contributed by atoms with Gasteiger partial charge in [-0.3, -0.25) is 4.90 Å². The molecule has 0 fully saturated rings. The predicted octanol–water partition coefficient (Wildman–Crippen LogP) is 2.96. The van der Waals surface area contributed by atoms with Crippen LogP contribution in [-0.2, 0) is 0 Å². The van der Waals surface area contributed by atoms with E-state index in [1.165, 1.54) is 0 Å². The van der Waals surface area contributed by atoms with E-state index >= 15 is 0 Å². The van der Waals surface area contributed by atoms with Crippen LogP contribution in [0.15, 0.2) is 0 Å². The molecule has 0 rings (SSSR count). The van der Waals surface area contributed by atoms with E-state index in [-0.39, 0.29) is 0 Å². The first-order valence-electron chi connectivity index (χ1n) is 6.48. The Labute approximate surface area is 122 Å². The van der Waals surface area contributed by atoms with Crippen molar-refractivity contribution in [3.8, 4) is 11.8 Å². The highest BCUT2D eigenvalue weighted by atomic mass is 35.5. The van der Waals surface area contributed by atoms with E-state index in [4.69, 9.17) is 23.2 Å². The standard InChI is InChI=1S/C14H25Cl2NO/c1-13(2)5-7-14(3,18)6-4-10-17(11-8-15)12-9-16/h13,18H,5,7-12H2,1-3H3. The highest BCUT2D eigenvalue weighted by Gasteiger charge is 2.16. The third kappa shape index (κ3) is 10.0. The summed E-state index contributed by atoms with van der Waals surface area (Å²) < 4.78 is 0. The third-order valence-corrected chi connectivity index (χ3v) is 3.01. The summed E-state index contributed by atoms with van der Waals surface area (Å²) in [5, 5.41) is 10.1. The number of aliphatic hydroxyl groups is 1. The Morgan fingerprint density at radius 1 is 1.22 bits per heavy atom. The molecule has 1 atom stereocenters. The van der Waals surface area contributed by atoms with Crippen molar-refractivity contribution in [2.75, 3.05) is 31.4 Å². The second-order valence-electron chi connectivity index (χ2n) is 5.16. The van der Waals surface area contributed by atoms with Crippen LogP contribution >= 0.6 is 23.2 Å². The summed E-state index contributed by atoms with van der Waals surface area (Å²) >= 11 is 11.4. The van der Waals surface area contributed by atoms with E-state index in [1.54, 1.807) is 6.92 Å². The van der Waals surface area contributed by atoms with Crippen LogP contribution in [0.3, 0.4) is 0 Å². The molecule has 0 heterocycles. The van der Waals surface area contributed by atoms with Crippen LogP contribution in [0.2, 0.25) is 0 Å². The lowest BCUT2D eigenvalue weighted by atomic mass is 9.96. The first kappa shape index (κ1) is 18.1. The highest BCUT2D eigenvalue weighted by molar-refractivity contribution is 6.18. The summed E-state index contributed by atoms with van der Waals surface area (Å²) in [6.45, 7) is 8.22. The van der Waals surface area contributed by atoms with Crippen LogP contribution in [0, 0.1) is 17.8 Å². The minimum atomic E-state index is -0.891. The first-order chi connectivity index (χ1) is 8.41. The van der Waals surface area contributed by atoms with Gasteiger partial charge in [0, 0.05) is 24.8 Å². The summed E-state index contributed by atoms with van der Waals surface area (Å²) in [4.78, 5) is 2.09. The van der Waals surface area contributed by atoms with Gasteiger partial charge >= 0.3 is 0 Å². The van der Waals surface area contributed by atoms with Gasteiger partial charge in [-0.15, -0.1) is 23.2 Å². The third-order valence-electron chi connectivity index (χ3n) is 2.67. The van der Waals surface area contributed by atoms with Crippen LogP contribution in [0.1, 0.15) is 33.6 Å². The van der Waals surface area contributed by atoms with Crippen molar-refractivity contribution in [1.82, 2.24) is 4.90 Å². The number of halogens is 2. The molecular formula is C14H25Cl2NO. The molecule has 0 aliphatic rings. The zero-order chi connectivity index (χ0) is 14.0. The number of alkyl halides is 2. The van der Waals surface area contributed by atoms with Crippen molar-refractivity contribution in [1.29, 1.82) is 0 Å². The Kier molecular flexibility index (Phi) is 9.95. The van der Waals surface area contributed by atoms with Crippen molar-refractivity contribution in [2.45, 2.75) is 39.2 Å². The van der Waals surface area contributed by atoms with E-state index < -0.39 is 5.60 Å². The molecule has 0 radical (unpaired) electrons. The zero-order valence-corrected chi connectivity index (χ0v) is 13.2. The molecule has 0 spiro atoms. The fraction of sp³-hybridized carbons (Fsp3) is 0.857. The number of hydrogen-bond donors (Lipinski definition) is 1. The molecular weight excluding hydrogens is 269 g/mol. The molecule has 0 bridgehead atoms. The fourth-order valence-electron chi connectivity index (χ4n) is 1.48. The molecule has 2 nitrogen and oxygen atoms in total. The minimum Gasteiger partial charge on any atom is -0.378 e. The van der Waals surface area contributed by atoms with E-state index in [0.29, 0.717) is 30.6 Å². The van der Waals surface area contributed by atoms with E-state index in [0.717, 1.165) is 19.5 Å². The van der Waals surface area contributed by atoms with Gasteiger partial charge in [0.05, 0.1) is 6.54 Å². The van der Waals surface area contributed by atoms with Gasteiger partial charge in [0.25, 0.3) is 0 Å². The quantitative estimate of drug-likeness (QED) is 0.549. The van der Waals surface area contributed by atoms with Gasteiger partial charge in [-0.05, 0) is 25.7 Å². The average molecular weight is 294 g/mol. The molecule has 0 aromatic rings. The Morgan fingerprint density at radius 2 is 1.78 bits per heavy atom. The highest BCUT2D eigenvalue weighted by Crippen LogP contribution is 2.15. The van der Waals surface area contributed by atoms with Crippen LogP contribution in [0.5, 0.6) is 0 Å². The van der Waals surface area contributed by atoms with Gasteiger partial charge in [0.2, 0.25) is 0 Å². The van der Waals surface area contributed by atoms with Crippen molar-refractivity contribution in [3.63, 3.8) is 0 Å². The number of hydrogen-bond acceptors (Lipinski definition) is 2. The van der Waals surface area contributed by atoms with Crippen molar-refractivity contribution in [3.05, 3.63) is 0 Å². The van der Waals surface area contributed by atoms with Crippen LogP contribution in [-0.4, -0.2) is 47.0 Å². The lowest BCUT2D eigenvalue weighted by Gasteiger charge is -2.19. The molecule has 0 aliphatic carbocycles. The number of rotatable bonds is 8. The molecule has 0 saturated carbocycles. The maximum absolute atomic E-state index is 10.1. The van der Waals surface area contributed by atoms with E-state index in [9.17, 15) is 5.11 Å². The van der Waals surface area contributed by atoms with Gasteiger partial charge in [0.15, 0.2) is 0 Å². The molecule has 0 aromatic carbocycles. The Hall–Kier alpha value is 0.0600. The second kappa shape index (κ2) is 9.92. The minimum absolute atomic E-state index is 0.572. The van der Waals surface area contributed by atoms with Gasteiger partial charge in [-0.25, -0.2) is 0 Å². The Bertz CT molecular complexity index is 263. The summed E-state index contributed by atoms with van der Waals surface area (Å²) in [7, 11) is 0. The molecule has 4 heteroatoms. The fourth-order valence-corrected chi connectivity index (χ4v) is 1.96. The normalized spacial score (nSPS) is 14.4. The number of nitrogens with zero attached hydrogens (tertiary/aromatic N) is 1. The van der Waals surface area contributed by atoms with Crippen LogP contribution < -0.4 is 0 Å². The second-order valence-corrected chi connectivity index (χ2v) is 5.92. The molecule has 18 heavy (non-hydrogen) atoms. The molecule has 0 saturated heterocycles. The van der Waals surface area contributed by atoms with Crippen molar-refractivity contribution < 1.29 is 5.11 Å². The molecule has 0 aliphatic heterocycles. The topological polar surface area (TPSA) is 23.5 Å². The summed E-state index contributed by atoms with van der Waals surface area (Å²) in [6.07, 6.45) is 1.69. The summed E-state index contributed by atoms with van der Waals surface area (Å²) in [5.74, 6) is 7.70. The average Bonchev–Trinajstić information content (AvgIpc) is 2.27. The van der Waals surface area contributed by atoms with Gasteiger partial charge in [-0.2, -0.15) is 0 Å². The maximum atomic E-state index is 10.1. The lowest BCUT2D eigenvalue weighted by molar-refractivity contribution is 0.105. The van der Waals surface area contributed by atoms with Crippen molar-refractivity contribution >= 4 is 23.2 Å². The van der Waals surface area contributed by atoms with Crippen LogP contribution in [0.4, 0.5) is 0 Å². The van der Waals surface area contributed by atoms with Crippen LogP contribution in [0.25, 0.3) is 0 Å². The molecule has 0 aromatic heterocycles. The molecule has 1 unspecified atom stereocenters. The molecule has 106 valence electrons. The monoisotopic (exact) mass is 293 g/mol. The molecule has 0 amide bonds. The smallest absolute Gasteiger partial charge is 0.122 e. The molecule has 1 N–H and O–H groups in total. The lowest BCUT2D eigenvalue weighted by Crippen LogP contribution is -2.29. The maximum Gasteiger partial charge on any atom is 0.122 e. The Balaban J connectivity index is 4.18. The van der Waals surface area contributed by atoms with Gasteiger partial charge in [0.1, 0.15) is 5.60 Å². The summed E-state index contributed by atoms with van der Waals surface area (Å²) in [6, 6.07) is 0. The van der Waals surface area contributed by atoms with Crippen molar-refractivity contribution in [2.24, 2.45) is 5.92 Å². The predicted molar refractivity (Wildman–Crippen MR) is 80.4 cm³/mol. The largest absolute Gasteiger partial charge is 0.378 e. The van der Waals surface area contributed by atoms with E-state index in [1.807, 2.05) is 0 Å². The van der Waals surface area contributed by atoms with E-state index in [2.05, 4.69) is 30.6 Å².